The third kappa shape index (κ3) is 4.47. The number of nitrogens with one attached hydrogen (secondary N) is 1. The van der Waals surface area contributed by atoms with Crippen molar-refractivity contribution in [3.63, 3.8) is 0 Å². The van der Waals surface area contributed by atoms with Crippen LogP contribution in [0.4, 0.5) is 5.82 Å². The van der Waals surface area contributed by atoms with E-state index in [0.29, 0.717) is 23.8 Å². The topological polar surface area (TPSA) is 57.5 Å². The van der Waals surface area contributed by atoms with Crippen LogP contribution in [0.15, 0.2) is 48.5 Å². The Hall–Kier alpha value is -3.15. The Balaban J connectivity index is 1.94. The highest BCUT2D eigenvalue weighted by molar-refractivity contribution is 5.55. The Labute approximate surface area is 172 Å². The molecular formula is C23H29N3O3. The molecule has 0 radical (unpaired) electrons. The van der Waals surface area contributed by atoms with E-state index < -0.39 is 0 Å². The molecule has 6 nitrogen and oxygen atoms in total. The van der Waals surface area contributed by atoms with Crippen molar-refractivity contribution in [2.24, 2.45) is 0 Å². The summed E-state index contributed by atoms with van der Waals surface area (Å²) >= 11 is 0. The molecule has 3 aromatic rings. The predicted molar refractivity (Wildman–Crippen MR) is 116 cm³/mol. The minimum atomic E-state index is -0.0526. The summed E-state index contributed by atoms with van der Waals surface area (Å²) in [6.07, 6.45) is 0. The number of ether oxygens (including phenoxy) is 3. The molecule has 0 spiro atoms. The van der Waals surface area contributed by atoms with Gasteiger partial charge in [0.25, 0.3) is 0 Å². The number of methoxy groups -OCH3 is 3. The van der Waals surface area contributed by atoms with E-state index in [2.05, 4.69) is 32.2 Å². The minimum Gasteiger partial charge on any atom is -0.493 e. The lowest BCUT2D eigenvalue weighted by Gasteiger charge is -2.15. The van der Waals surface area contributed by atoms with Gasteiger partial charge in [0.2, 0.25) is 5.75 Å². The number of para-hydroxylation sites is 1. The van der Waals surface area contributed by atoms with E-state index in [9.17, 15) is 0 Å². The molecule has 0 aliphatic carbocycles. The molecule has 29 heavy (non-hydrogen) atoms. The van der Waals surface area contributed by atoms with E-state index in [1.165, 1.54) is 0 Å². The maximum Gasteiger partial charge on any atom is 0.203 e. The molecule has 0 aliphatic rings. The number of benzene rings is 2. The van der Waals surface area contributed by atoms with Gasteiger partial charge >= 0.3 is 0 Å². The highest BCUT2D eigenvalue weighted by Gasteiger charge is 2.21. The van der Waals surface area contributed by atoms with Gasteiger partial charge in [-0.15, -0.1) is 0 Å². The van der Waals surface area contributed by atoms with Crippen LogP contribution in [0, 0.1) is 0 Å². The Bertz CT molecular complexity index is 934. The standard InChI is InChI=1S/C23H29N3O3/c1-23(2,3)20-14-21(26(25-20)17-10-8-7-9-11-17)24-15-16-12-18(27-4)22(29-6)19(13-16)28-5/h7-14,24H,15H2,1-6H3. The summed E-state index contributed by atoms with van der Waals surface area (Å²) in [5.74, 6) is 2.78. The van der Waals surface area contributed by atoms with Gasteiger partial charge in [-0.25, -0.2) is 4.68 Å². The summed E-state index contributed by atoms with van der Waals surface area (Å²) in [7, 11) is 4.84. The van der Waals surface area contributed by atoms with Crippen molar-refractivity contribution in [2.45, 2.75) is 32.7 Å². The fourth-order valence-corrected chi connectivity index (χ4v) is 3.07. The van der Waals surface area contributed by atoms with Crippen LogP contribution in [0.2, 0.25) is 0 Å². The molecule has 0 bridgehead atoms. The SMILES string of the molecule is COc1cc(CNc2cc(C(C)(C)C)nn2-c2ccccc2)cc(OC)c1OC. The normalized spacial score (nSPS) is 11.2. The van der Waals surface area contributed by atoms with Gasteiger partial charge in [0.1, 0.15) is 5.82 Å². The van der Waals surface area contributed by atoms with Crippen LogP contribution in [0.1, 0.15) is 32.0 Å². The molecular weight excluding hydrogens is 366 g/mol. The van der Waals surface area contributed by atoms with Crippen molar-refractivity contribution in [1.82, 2.24) is 9.78 Å². The summed E-state index contributed by atoms with van der Waals surface area (Å²) in [6.45, 7) is 7.06. The number of nitrogens with zero attached hydrogens (tertiary/aromatic N) is 2. The average Bonchev–Trinajstić information content (AvgIpc) is 3.16. The Morgan fingerprint density at radius 3 is 2.03 bits per heavy atom. The monoisotopic (exact) mass is 395 g/mol. The van der Waals surface area contributed by atoms with E-state index in [4.69, 9.17) is 19.3 Å². The summed E-state index contributed by atoms with van der Waals surface area (Å²) in [5, 5.41) is 8.35. The number of anilines is 1. The van der Waals surface area contributed by atoms with Gasteiger partial charge in [-0.3, -0.25) is 0 Å². The first-order valence-corrected chi connectivity index (χ1v) is 9.56. The molecule has 1 N–H and O–H groups in total. The molecule has 0 unspecified atom stereocenters. The maximum atomic E-state index is 5.46. The highest BCUT2D eigenvalue weighted by Crippen LogP contribution is 2.38. The van der Waals surface area contributed by atoms with Crippen molar-refractivity contribution >= 4 is 5.82 Å². The molecule has 3 rings (SSSR count). The summed E-state index contributed by atoms with van der Waals surface area (Å²) in [4.78, 5) is 0. The fourth-order valence-electron chi connectivity index (χ4n) is 3.07. The van der Waals surface area contributed by atoms with Crippen molar-refractivity contribution in [1.29, 1.82) is 0 Å². The van der Waals surface area contributed by atoms with Gasteiger partial charge in [-0.05, 0) is 29.8 Å². The van der Waals surface area contributed by atoms with Crippen molar-refractivity contribution < 1.29 is 14.2 Å². The van der Waals surface area contributed by atoms with Crippen molar-refractivity contribution in [2.75, 3.05) is 26.6 Å². The lowest BCUT2D eigenvalue weighted by molar-refractivity contribution is 0.324. The van der Waals surface area contributed by atoms with Crippen LogP contribution in [-0.4, -0.2) is 31.1 Å². The second-order valence-electron chi connectivity index (χ2n) is 7.80. The molecule has 1 heterocycles. The van der Waals surface area contributed by atoms with E-state index in [1.54, 1.807) is 21.3 Å². The number of aromatic nitrogens is 2. The second kappa shape index (κ2) is 8.47. The van der Waals surface area contributed by atoms with Crippen LogP contribution in [0.3, 0.4) is 0 Å². The molecule has 0 saturated carbocycles. The van der Waals surface area contributed by atoms with E-state index >= 15 is 0 Å². The molecule has 154 valence electrons. The maximum absolute atomic E-state index is 5.46. The summed E-state index contributed by atoms with van der Waals surface area (Å²) < 4.78 is 18.3. The Kier molecular flexibility index (Phi) is 6.01. The van der Waals surface area contributed by atoms with Crippen LogP contribution in [0.5, 0.6) is 17.2 Å². The highest BCUT2D eigenvalue weighted by atomic mass is 16.5. The Morgan fingerprint density at radius 2 is 1.52 bits per heavy atom. The lowest BCUT2D eigenvalue weighted by Crippen LogP contribution is -2.12. The van der Waals surface area contributed by atoms with Gasteiger partial charge in [0.05, 0.1) is 32.7 Å². The smallest absolute Gasteiger partial charge is 0.203 e. The van der Waals surface area contributed by atoms with E-state index in [-0.39, 0.29) is 5.41 Å². The largest absolute Gasteiger partial charge is 0.493 e. The molecule has 1 aromatic heterocycles. The quantitative estimate of drug-likeness (QED) is 0.622. The van der Waals surface area contributed by atoms with Gasteiger partial charge in [-0.1, -0.05) is 39.0 Å². The first-order chi connectivity index (χ1) is 13.9. The molecule has 6 heteroatoms. The van der Waals surface area contributed by atoms with Crippen LogP contribution >= 0.6 is 0 Å². The lowest BCUT2D eigenvalue weighted by atomic mass is 9.92. The van der Waals surface area contributed by atoms with Gasteiger partial charge < -0.3 is 19.5 Å². The third-order valence-corrected chi connectivity index (χ3v) is 4.68. The Morgan fingerprint density at radius 1 is 0.897 bits per heavy atom. The zero-order valence-corrected chi connectivity index (χ0v) is 17.9. The molecule has 2 aromatic carbocycles. The first kappa shape index (κ1) is 20.6. The first-order valence-electron chi connectivity index (χ1n) is 9.56. The molecule has 0 saturated heterocycles. The molecule has 0 amide bonds. The zero-order valence-electron chi connectivity index (χ0n) is 17.9. The van der Waals surface area contributed by atoms with E-state index in [0.717, 1.165) is 22.8 Å². The summed E-state index contributed by atoms with van der Waals surface area (Å²) in [6, 6.07) is 16.1. The predicted octanol–water partition coefficient (Wildman–Crippen LogP) is 4.81. The molecule has 0 fully saturated rings. The molecule has 0 aliphatic heterocycles. The van der Waals surface area contributed by atoms with Crippen molar-refractivity contribution in [3.05, 3.63) is 59.8 Å². The van der Waals surface area contributed by atoms with Gasteiger partial charge in [-0.2, -0.15) is 5.10 Å². The van der Waals surface area contributed by atoms with E-state index in [1.807, 2.05) is 47.1 Å². The van der Waals surface area contributed by atoms with Crippen LogP contribution in [-0.2, 0) is 12.0 Å². The number of rotatable bonds is 7. The average molecular weight is 396 g/mol. The third-order valence-electron chi connectivity index (χ3n) is 4.68. The number of hydrogen-bond donors (Lipinski definition) is 1. The summed E-state index contributed by atoms with van der Waals surface area (Å²) in [5.41, 5.74) is 2.99. The minimum absolute atomic E-state index is 0.0526. The second-order valence-corrected chi connectivity index (χ2v) is 7.80. The van der Waals surface area contributed by atoms with Crippen LogP contribution < -0.4 is 19.5 Å². The van der Waals surface area contributed by atoms with Gasteiger partial charge in [0, 0.05) is 18.0 Å². The zero-order chi connectivity index (χ0) is 21.0. The fraction of sp³-hybridized carbons (Fsp3) is 0.348. The molecule has 0 atom stereocenters. The number of hydrogen-bond acceptors (Lipinski definition) is 5. The van der Waals surface area contributed by atoms with Gasteiger partial charge in [0.15, 0.2) is 11.5 Å². The van der Waals surface area contributed by atoms with Crippen LogP contribution in [0.25, 0.3) is 5.69 Å². The van der Waals surface area contributed by atoms with Crippen molar-refractivity contribution in [3.8, 4) is 22.9 Å².